The number of nitrogens with zero attached hydrogens (tertiary/aromatic N) is 5. The molecule has 0 atom stereocenters. The Balaban J connectivity index is 2.03. The molecule has 0 aliphatic rings. The molecule has 0 saturated heterocycles. The average Bonchev–Trinajstić information content (AvgIpc) is 3.26. The Morgan fingerprint density at radius 1 is 1.02 bits per heavy atom. The molecular weight excluding hydrogens is 574 g/mol. The van der Waals surface area contributed by atoms with Gasteiger partial charge in [-0.3, -0.25) is 4.90 Å². The zero-order valence-electron chi connectivity index (χ0n) is 24.0. The first kappa shape index (κ1) is 31.9. The maximum absolute atomic E-state index is 13.4. The molecule has 0 bridgehead atoms. The lowest BCUT2D eigenvalue weighted by Gasteiger charge is -2.30. The molecule has 14 heteroatoms. The van der Waals surface area contributed by atoms with E-state index >= 15 is 0 Å². The number of sulfonamides is 1. The fraction of sp³-hybridized carbons (Fsp3) is 0.481. The van der Waals surface area contributed by atoms with Crippen LogP contribution in [0, 0.1) is 0 Å². The van der Waals surface area contributed by atoms with Gasteiger partial charge in [0.2, 0.25) is 10.0 Å². The topological polar surface area (TPSA) is 144 Å². The number of aromatic nitrogens is 3. The molecular formula is C27H36ClN5O7S. The summed E-state index contributed by atoms with van der Waals surface area (Å²) in [6.45, 7) is 9.24. The molecule has 0 unspecified atom stereocenters. The van der Waals surface area contributed by atoms with Gasteiger partial charge in [-0.25, -0.2) is 31.8 Å². The highest BCUT2D eigenvalue weighted by Crippen LogP contribution is 2.28. The fourth-order valence-electron chi connectivity index (χ4n) is 3.70. The Bertz CT molecular complexity index is 1500. The minimum atomic E-state index is -4.13. The van der Waals surface area contributed by atoms with Crippen LogP contribution < -0.4 is 4.90 Å². The zero-order chi connectivity index (χ0) is 30.6. The SMILES string of the molecule is CC(C)(C)OC(=O)N(CCN(C(=O)OC(C)(C)C)S(=O)(=O)CCCCl)c1ccn2ncc(-c3cccc(O)c3)c2n1. The van der Waals surface area contributed by atoms with E-state index in [1.165, 1.54) is 16.6 Å². The number of hydrogen-bond acceptors (Lipinski definition) is 9. The van der Waals surface area contributed by atoms with Crippen LogP contribution in [-0.2, 0) is 19.5 Å². The monoisotopic (exact) mass is 609 g/mol. The van der Waals surface area contributed by atoms with E-state index in [-0.39, 0.29) is 36.2 Å². The van der Waals surface area contributed by atoms with Crippen molar-refractivity contribution >= 4 is 45.3 Å². The van der Waals surface area contributed by atoms with Crippen molar-refractivity contribution in [3.8, 4) is 16.9 Å². The molecule has 41 heavy (non-hydrogen) atoms. The number of carbonyl (C=O) groups is 2. The highest BCUT2D eigenvalue weighted by atomic mass is 35.5. The number of aromatic hydroxyl groups is 1. The third-order valence-electron chi connectivity index (χ3n) is 5.40. The van der Waals surface area contributed by atoms with Crippen LogP contribution in [0.2, 0.25) is 0 Å². The van der Waals surface area contributed by atoms with Crippen molar-refractivity contribution in [2.24, 2.45) is 0 Å². The van der Waals surface area contributed by atoms with Crippen LogP contribution in [-0.4, -0.2) is 80.5 Å². The number of alkyl halides is 1. The molecule has 0 spiro atoms. The van der Waals surface area contributed by atoms with Gasteiger partial charge in [-0.15, -0.1) is 11.6 Å². The van der Waals surface area contributed by atoms with E-state index in [9.17, 15) is 23.1 Å². The number of phenols is 1. The molecule has 0 saturated carbocycles. The summed E-state index contributed by atoms with van der Waals surface area (Å²) < 4.78 is 39.3. The number of rotatable bonds is 9. The molecule has 2 aromatic heterocycles. The molecule has 0 fully saturated rings. The van der Waals surface area contributed by atoms with Crippen molar-refractivity contribution in [2.75, 3.05) is 29.6 Å². The Kier molecular flexibility index (Phi) is 9.75. The van der Waals surface area contributed by atoms with E-state index in [0.717, 1.165) is 4.90 Å². The lowest BCUT2D eigenvalue weighted by Crippen LogP contribution is -2.47. The summed E-state index contributed by atoms with van der Waals surface area (Å²) >= 11 is 5.72. The molecule has 3 rings (SSSR count). The third kappa shape index (κ3) is 8.70. The van der Waals surface area contributed by atoms with E-state index in [4.69, 9.17) is 21.1 Å². The maximum atomic E-state index is 13.4. The van der Waals surface area contributed by atoms with E-state index in [2.05, 4.69) is 10.1 Å². The first-order valence-electron chi connectivity index (χ1n) is 12.9. The molecule has 0 aliphatic heterocycles. The average molecular weight is 610 g/mol. The van der Waals surface area contributed by atoms with Gasteiger partial charge in [-0.1, -0.05) is 12.1 Å². The number of anilines is 1. The van der Waals surface area contributed by atoms with Gasteiger partial charge in [-0.2, -0.15) is 5.10 Å². The van der Waals surface area contributed by atoms with Gasteiger partial charge < -0.3 is 14.6 Å². The van der Waals surface area contributed by atoms with Crippen LogP contribution >= 0.6 is 11.6 Å². The number of benzene rings is 1. The summed E-state index contributed by atoms with van der Waals surface area (Å²) in [6, 6.07) is 8.08. The van der Waals surface area contributed by atoms with Crippen molar-refractivity contribution in [3.63, 3.8) is 0 Å². The first-order chi connectivity index (χ1) is 19.0. The van der Waals surface area contributed by atoms with Crippen LogP contribution in [0.15, 0.2) is 42.7 Å². The summed E-state index contributed by atoms with van der Waals surface area (Å²) in [4.78, 5) is 32.1. The van der Waals surface area contributed by atoms with Crippen molar-refractivity contribution in [1.29, 1.82) is 0 Å². The minimum absolute atomic E-state index is 0.0611. The van der Waals surface area contributed by atoms with Gasteiger partial charge in [0.1, 0.15) is 22.8 Å². The largest absolute Gasteiger partial charge is 0.508 e. The Morgan fingerprint density at radius 2 is 1.68 bits per heavy atom. The van der Waals surface area contributed by atoms with Crippen LogP contribution in [0.5, 0.6) is 5.75 Å². The van der Waals surface area contributed by atoms with E-state index in [1.54, 1.807) is 72.1 Å². The second kappa shape index (κ2) is 12.5. The van der Waals surface area contributed by atoms with E-state index in [1.807, 2.05) is 0 Å². The van der Waals surface area contributed by atoms with Crippen molar-refractivity contribution in [3.05, 3.63) is 42.7 Å². The summed E-state index contributed by atoms with van der Waals surface area (Å²) in [7, 11) is -4.13. The minimum Gasteiger partial charge on any atom is -0.508 e. The number of halogens is 1. The number of hydrogen-bond donors (Lipinski definition) is 1. The summed E-state index contributed by atoms with van der Waals surface area (Å²) in [5.74, 6) is -0.0977. The highest BCUT2D eigenvalue weighted by Gasteiger charge is 2.33. The van der Waals surface area contributed by atoms with Gasteiger partial charge in [0, 0.05) is 24.2 Å². The molecule has 1 N–H and O–H groups in total. The normalized spacial score (nSPS) is 12.3. The van der Waals surface area contributed by atoms with Crippen LogP contribution in [0.1, 0.15) is 48.0 Å². The molecule has 2 heterocycles. The molecule has 1 aromatic carbocycles. The number of ether oxygens (including phenoxy) is 2. The Labute approximate surface area is 244 Å². The lowest BCUT2D eigenvalue weighted by molar-refractivity contribution is 0.0384. The van der Waals surface area contributed by atoms with Gasteiger partial charge in [-0.05, 0) is 71.7 Å². The predicted octanol–water partition coefficient (Wildman–Crippen LogP) is 5.04. The van der Waals surface area contributed by atoms with Crippen LogP contribution in [0.4, 0.5) is 15.4 Å². The quantitative estimate of drug-likeness (QED) is 0.330. The van der Waals surface area contributed by atoms with Crippen molar-refractivity contribution in [2.45, 2.75) is 59.2 Å². The second-order valence-electron chi connectivity index (χ2n) is 11.2. The first-order valence-corrected chi connectivity index (χ1v) is 15.1. The van der Waals surface area contributed by atoms with Crippen LogP contribution in [0.3, 0.4) is 0 Å². The number of carbonyl (C=O) groups excluding carboxylic acids is 2. The molecule has 12 nitrogen and oxygen atoms in total. The fourth-order valence-corrected chi connectivity index (χ4v) is 5.34. The lowest BCUT2D eigenvalue weighted by atomic mass is 10.1. The van der Waals surface area contributed by atoms with Crippen LogP contribution in [0.25, 0.3) is 16.8 Å². The number of fused-ring (bicyclic) bond motifs is 1. The maximum Gasteiger partial charge on any atom is 0.424 e. The smallest absolute Gasteiger partial charge is 0.424 e. The predicted molar refractivity (Wildman–Crippen MR) is 156 cm³/mol. The standard InChI is InChI=1S/C27H36ClN5O7S/c1-26(2,3)39-24(35)31(14-15-33(25(36)40-27(4,5)6)41(37,38)16-8-12-28)22-11-13-32-23(30-22)21(18-29-32)19-9-7-10-20(34)17-19/h7,9-11,13,17-18,34H,8,12,14-16H2,1-6H3. The second-order valence-corrected chi connectivity index (χ2v) is 13.6. The molecule has 2 amide bonds. The van der Waals surface area contributed by atoms with Gasteiger partial charge >= 0.3 is 12.2 Å². The van der Waals surface area contributed by atoms with Gasteiger partial charge in [0.05, 0.1) is 18.5 Å². The number of phenolic OH excluding ortho intramolecular Hbond substituents is 1. The highest BCUT2D eigenvalue weighted by molar-refractivity contribution is 7.89. The molecule has 3 aromatic rings. The molecule has 0 aliphatic carbocycles. The van der Waals surface area contributed by atoms with Gasteiger partial charge in [0.15, 0.2) is 5.65 Å². The Morgan fingerprint density at radius 3 is 2.29 bits per heavy atom. The van der Waals surface area contributed by atoms with Crippen molar-refractivity contribution < 1.29 is 32.6 Å². The van der Waals surface area contributed by atoms with Gasteiger partial charge in [0.25, 0.3) is 0 Å². The van der Waals surface area contributed by atoms with E-state index < -0.39 is 40.0 Å². The summed E-state index contributed by atoms with van der Waals surface area (Å²) in [5, 5.41) is 14.2. The number of amides is 2. The molecule has 0 radical (unpaired) electrons. The Hall–Kier alpha value is -3.58. The molecule has 224 valence electrons. The zero-order valence-corrected chi connectivity index (χ0v) is 25.6. The third-order valence-corrected chi connectivity index (χ3v) is 7.47. The summed E-state index contributed by atoms with van der Waals surface area (Å²) in [5.41, 5.74) is -0.222. The summed E-state index contributed by atoms with van der Waals surface area (Å²) in [6.07, 6.45) is 1.42. The van der Waals surface area contributed by atoms with Crippen molar-refractivity contribution in [1.82, 2.24) is 18.9 Å². The van der Waals surface area contributed by atoms with E-state index in [0.29, 0.717) is 21.1 Å².